The second-order valence-electron chi connectivity index (χ2n) is 6.72. The van der Waals surface area contributed by atoms with Crippen molar-refractivity contribution in [2.75, 3.05) is 0 Å². The van der Waals surface area contributed by atoms with Gasteiger partial charge in [-0.05, 0) is 49.3 Å². The Bertz CT molecular complexity index is 536. The lowest BCUT2D eigenvalue weighted by Crippen LogP contribution is -2.47. The Labute approximate surface area is 122 Å². The summed E-state index contributed by atoms with van der Waals surface area (Å²) in [7, 11) is 0. The fourth-order valence-corrected chi connectivity index (χ4v) is 4.00. The molecule has 2 nitrogen and oxygen atoms in total. The summed E-state index contributed by atoms with van der Waals surface area (Å²) in [6.45, 7) is 4.55. The SMILES string of the molecule is CC1(C)CCCC2(CC(=O)c3cc(Br)ccc3O2)C1. The number of halogens is 1. The summed E-state index contributed by atoms with van der Waals surface area (Å²) in [4.78, 5) is 12.4. The molecule has 0 radical (unpaired) electrons. The first-order chi connectivity index (χ1) is 8.89. The molecule has 3 heteroatoms. The standard InChI is InChI=1S/C16H19BrO2/c1-15(2)6-3-7-16(10-15)9-13(18)12-8-11(17)4-5-14(12)19-16/h4-5,8H,3,6-7,9-10H2,1-2H3. The van der Waals surface area contributed by atoms with E-state index in [1.807, 2.05) is 18.2 Å². The van der Waals surface area contributed by atoms with E-state index in [1.165, 1.54) is 6.42 Å². The molecule has 1 spiro atoms. The first-order valence-corrected chi connectivity index (χ1v) is 7.70. The Kier molecular flexibility index (Phi) is 3.01. The lowest BCUT2D eigenvalue weighted by molar-refractivity contribution is -0.0249. The van der Waals surface area contributed by atoms with Gasteiger partial charge in [0.1, 0.15) is 11.4 Å². The van der Waals surface area contributed by atoms with Gasteiger partial charge in [-0.15, -0.1) is 0 Å². The smallest absolute Gasteiger partial charge is 0.170 e. The van der Waals surface area contributed by atoms with E-state index in [1.54, 1.807) is 0 Å². The summed E-state index contributed by atoms with van der Waals surface area (Å²) < 4.78 is 7.21. The van der Waals surface area contributed by atoms with Crippen LogP contribution in [-0.2, 0) is 0 Å². The Balaban J connectivity index is 1.96. The normalized spacial score (nSPS) is 28.9. The lowest BCUT2D eigenvalue weighted by atomic mass is 9.67. The van der Waals surface area contributed by atoms with Gasteiger partial charge in [-0.1, -0.05) is 29.8 Å². The second kappa shape index (κ2) is 4.34. The molecule has 1 saturated carbocycles. The van der Waals surface area contributed by atoms with Crippen LogP contribution in [0.5, 0.6) is 5.75 Å². The molecule has 0 N–H and O–H groups in total. The molecule has 3 rings (SSSR count). The largest absolute Gasteiger partial charge is 0.486 e. The zero-order chi connectivity index (χ0) is 13.7. The number of hydrogen-bond acceptors (Lipinski definition) is 2. The van der Waals surface area contributed by atoms with Crippen molar-refractivity contribution in [3.63, 3.8) is 0 Å². The van der Waals surface area contributed by atoms with Gasteiger partial charge < -0.3 is 4.74 Å². The summed E-state index contributed by atoms with van der Waals surface area (Å²) in [5.41, 5.74) is 0.730. The van der Waals surface area contributed by atoms with Crippen LogP contribution in [0.1, 0.15) is 56.3 Å². The van der Waals surface area contributed by atoms with Crippen molar-refractivity contribution < 1.29 is 9.53 Å². The average Bonchev–Trinajstić information content (AvgIpc) is 2.29. The summed E-state index contributed by atoms with van der Waals surface area (Å²) in [6.07, 6.45) is 4.87. The van der Waals surface area contributed by atoms with Crippen molar-refractivity contribution in [2.24, 2.45) is 5.41 Å². The number of ether oxygens (including phenoxy) is 1. The van der Waals surface area contributed by atoms with Gasteiger partial charge in [0.25, 0.3) is 0 Å². The fraction of sp³-hybridized carbons (Fsp3) is 0.562. The Morgan fingerprint density at radius 1 is 1.26 bits per heavy atom. The molecule has 1 aliphatic carbocycles. The third-order valence-corrected chi connectivity index (χ3v) is 4.83. The van der Waals surface area contributed by atoms with Crippen molar-refractivity contribution >= 4 is 21.7 Å². The van der Waals surface area contributed by atoms with Gasteiger partial charge in [0.15, 0.2) is 5.78 Å². The molecule has 1 atom stereocenters. The minimum atomic E-state index is -0.264. The third-order valence-electron chi connectivity index (χ3n) is 4.34. The average molecular weight is 323 g/mol. The second-order valence-corrected chi connectivity index (χ2v) is 7.64. The van der Waals surface area contributed by atoms with E-state index in [4.69, 9.17) is 4.74 Å². The summed E-state index contributed by atoms with van der Waals surface area (Å²) >= 11 is 3.42. The van der Waals surface area contributed by atoms with Crippen LogP contribution in [0.4, 0.5) is 0 Å². The molecule has 2 aliphatic rings. The molecular weight excluding hydrogens is 304 g/mol. The van der Waals surface area contributed by atoms with Crippen LogP contribution < -0.4 is 4.74 Å². The van der Waals surface area contributed by atoms with Crippen molar-refractivity contribution in [3.8, 4) is 5.75 Å². The first-order valence-electron chi connectivity index (χ1n) is 6.91. The predicted octanol–water partition coefficient (Wildman–Crippen LogP) is 4.75. The van der Waals surface area contributed by atoms with Gasteiger partial charge >= 0.3 is 0 Å². The van der Waals surface area contributed by atoms with Crippen LogP contribution in [0.15, 0.2) is 22.7 Å². The minimum absolute atomic E-state index is 0.222. The molecule has 102 valence electrons. The van der Waals surface area contributed by atoms with E-state index >= 15 is 0 Å². The highest BCUT2D eigenvalue weighted by Crippen LogP contribution is 2.48. The molecule has 19 heavy (non-hydrogen) atoms. The van der Waals surface area contributed by atoms with Crippen LogP contribution in [0.3, 0.4) is 0 Å². The van der Waals surface area contributed by atoms with Gasteiger partial charge in [0, 0.05) is 4.47 Å². The van der Waals surface area contributed by atoms with E-state index in [2.05, 4.69) is 29.8 Å². The predicted molar refractivity (Wildman–Crippen MR) is 78.7 cm³/mol. The number of carbonyl (C=O) groups is 1. The van der Waals surface area contributed by atoms with Crippen LogP contribution >= 0.6 is 15.9 Å². The van der Waals surface area contributed by atoms with E-state index in [0.29, 0.717) is 6.42 Å². The van der Waals surface area contributed by atoms with Crippen molar-refractivity contribution in [1.29, 1.82) is 0 Å². The molecule has 1 aromatic carbocycles. The van der Waals surface area contributed by atoms with Crippen molar-refractivity contribution in [1.82, 2.24) is 0 Å². The number of carbonyl (C=O) groups excluding carboxylic acids is 1. The molecule has 0 saturated heterocycles. The maximum Gasteiger partial charge on any atom is 0.170 e. The van der Waals surface area contributed by atoms with Gasteiger partial charge in [0.2, 0.25) is 0 Å². The van der Waals surface area contributed by atoms with Gasteiger partial charge in [0.05, 0.1) is 12.0 Å². The van der Waals surface area contributed by atoms with E-state index in [0.717, 1.165) is 35.0 Å². The number of fused-ring (bicyclic) bond motifs is 1. The maximum absolute atomic E-state index is 12.4. The van der Waals surface area contributed by atoms with Crippen molar-refractivity contribution in [2.45, 2.75) is 51.6 Å². The molecule has 1 unspecified atom stereocenters. The Hall–Kier alpha value is -0.830. The molecule has 1 fully saturated rings. The lowest BCUT2D eigenvalue weighted by Gasteiger charge is -2.46. The zero-order valence-corrected chi connectivity index (χ0v) is 13.0. The first kappa shape index (κ1) is 13.2. The highest BCUT2D eigenvalue weighted by molar-refractivity contribution is 9.10. The van der Waals surface area contributed by atoms with E-state index in [9.17, 15) is 4.79 Å². The monoisotopic (exact) mass is 322 g/mol. The number of rotatable bonds is 0. The maximum atomic E-state index is 12.4. The Morgan fingerprint density at radius 2 is 2.05 bits per heavy atom. The molecule has 1 heterocycles. The molecular formula is C16H19BrO2. The number of hydrogen-bond donors (Lipinski definition) is 0. The van der Waals surface area contributed by atoms with Crippen molar-refractivity contribution in [3.05, 3.63) is 28.2 Å². The third kappa shape index (κ3) is 2.45. The molecule has 0 bridgehead atoms. The van der Waals surface area contributed by atoms with E-state index in [-0.39, 0.29) is 16.8 Å². The molecule has 0 amide bonds. The van der Waals surface area contributed by atoms with Crippen LogP contribution in [0.25, 0.3) is 0 Å². The topological polar surface area (TPSA) is 26.3 Å². The fourth-order valence-electron chi connectivity index (χ4n) is 3.64. The Morgan fingerprint density at radius 3 is 2.79 bits per heavy atom. The van der Waals surface area contributed by atoms with Gasteiger partial charge in [-0.25, -0.2) is 0 Å². The molecule has 0 aromatic heterocycles. The summed E-state index contributed by atoms with van der Waals surface area (Å²) in [5, 5.41) is 0. The number of benzene rings is 1. The summed E-state index contributed by atoms with van der Waals surface area (Å²) in [5.74, 6) is 0.984. The van der Waals surface area contributed by atoms with Crippen LogP contribution in [-0.4, -0.2) is 11.4 Å². The van der Waals surface area contributed by atoms with E-state index < -0.39 is 0 Å². The summed E-state index contributed by atoms with van der Waals surface area (Å²) in [6, 6.07) is 5.73. The van der Waals surface area contributed by atoms with Gasteiger partial charge in [-0.2, -0.15) is 0 Å². The zero-order valence-electron chi connectivity index (χ0n) is 11.5. The highest BCUT2D eigenvalue weighted by atomic mass is 79.9. The molecule has 1 aromatic rings. The minimum Gasteiger partial charge on any atom is -0.486 e. The number of ketones is 1. The number of Topliss-reactive ketones (excluding diaryl/α,β-unsaturated/α-hetero) is 1. The highest BCUT2D eigenvalue weighted by Gasteiger charge is 2.46. The van der Waals surface area contributed by atoms with Crippen LogP contribution in [0, 0.1) is 5.41 Å². The van der Waals surface area contributed by atoms with Crippen LogP contribution in [0.2, 0.25) is 0 Å². The van der Waals surface area contributed by atoms with Gasteiger partial charge in [-0.3, -0.25) is 4.79 Å². The molecule has 1 aliphatic heterocycles. The quantitative estimate of drug-likeness (QED) is 0.688.